The lowest BCUT2D eigenvalue weighted by Gasteiger charge is -2.30. The quantitative estimate of drug-likeness (QED) is 0.532. The molecule has 0 bridgehead atoms. The fourth-order valence-electron chi connectivity index (χ4n) is 3.09. The first-order valence-electron chi connectivity index (χ1n) is 10.1. The number of nitrogens with one attached hydrogen (secondary N) is 2. The summed E-state index contributed by atoms with van der Waals surface area (Å²) < 4.78 is 0. The van der Waals surface area contributed by atoms with E-state index in [1.807, 2.05) is 67.7 Å². The summed E-state index contributed by atoms with van der Waals surface area (Å²) in [4.78, 5) is 13.5. The molecule has 0 saturated carbocycles. The third-order valence-corrected chi connectivity index (χ3v) is 5.32. The van der Waals surface area contributed by atoms with Crippen LogP contribution in [0, 0.1) is 5.41 Å². The Morgan fingerprint density at radius 3 is 2.37 bits per heavy atom. The highest BCUT2D eigenvalue weighted by Gasteiger charge is 2.25. The minimum absolute atomic E-state index is 0.0877. The molecule has 0 fully saturated rings. The SMILES string of the molecule is C=C(N/C=C\N(C)/C=C(\C)C1(C)C=CC(C(C)=O)=CC1)Nc1ccc(C(=C)C)cc1. The largest absolute Gasteiger partial charge is 0.356 e. The van der Waals surface area contributed by atoms with Crippen LogP contribution in [0.3, 0.4) is 0 Å². The second-order valence-corrected chi connectivity index (χ2v) is 8.07. The number of hydrogen-bond acceptors (Lipinski definition) is 4. The summed E-state index contributed by atoms with van der Waals surface area (Å²) in [5, 5.41) is 6.37. The smallest absolute Gasteiger partial charge is 0.159 e. The van der Waals surface area contributed by atoms with Gasteiger partial charge in [-0.15, -0.1) is 0 Å². The van der Waals surface area contributed by atoms with Gasteiger partial charge in [0.2, 0.25) is 0 Å². The standard InChI is InChI=1S/C26H33N3O/c1-19(2)23-8-10-25(11-9-23)28-22(5)27-16-17-29(7)18-20(3)26(6)14-12-24(13-15-26)21(4)30/h8-14,16-18,27-28H,1,5,15H2,2-4,6-7H3/b17-16-,20-18+. The van der Waals surface area contributed by atoms with E-state index in [0.29, 0.717) is 5.82 Å². The number of Topliss-reactive ketones (excluding diaryl/α,β-unsaturated/α-hetero) is 1. The predicted octanol–water partition coefficient (Wildman–Crippen LogP) is 5.98. The van der Waals surface area contributed by atoms with Crippen LogP contribution in [0.15, 0.2) is 91.2 Å². The molecule has 0 heterocycles. The van der Waals surface area contributed by atoms with Crippen LogP contribution in [0.25, 0.3) is 5.57 Å². The summed E-state index contributed by atoms with van der Waals surface area (Å²) in [5.74, 6) is 0.800. The minimum Gasteiger partial charge on any atom is -0.356 e. The lowest BCUT2D eigenvalue weighted by Crippen LogP contribution is -2.20. The van der Waals surface area contributed by atoms with Crippen molar-refractivity contribution in [3.05, 3.63) is 96.8 Å². The topological polar surface area (TPSA) is 44.4 Å². The number of hydrogen-bond donors (Lipinski definition) is 2. The average molecular weight is 404 g/mol. The first kappa shape index (κ1) is 23.0. The molecule has 0 saturated heterocycles. The van der Waals surface area contributed by atoms with E-state index in [1.165, 1.54) is 5.57 Å². The Morgan fingerprint density at radius 2 is 1.83 bits per heavy atom. The van der Waals surface area contributed by atoms with Gasteiger partial charge in [-0.25, -0.2) is 0 Å². The van der Waals surface area contributed by atoms with E-state index in [2.05, 4.69) is 49.9 Å². The molecule has 0 aliphatic heterocycles. The maximum atomic E-state index is 11.5. The highest BCUT2D eigenvalue weighted by atomic mass is 16.1. The van der Waals surface area contributed by atoms with Crippen molar-refractivity contribution in [2.45, 2.75) is 34.1 Å². The Hall–Kier alpha value is -3.27. The zero-order valence-corrected chi connectivity index (χ0v) is 18.8. The van der Waals surface area contributed by atoms with Crippen LogP contribution in [-0.2, 0) is 4.79 Å². The summed E-state index contributed by atoms with van der Waals surface area (Å²) >= 11 is 0. The van der Waals surface area contributed by atoms with Crippen molar-refractivity contribution in [1.82, 2.24) is 10.2 Å². The molecule has 0 radical (unpaired) electrons. The molecule has 1 aliphatic rings. The predicted molar refractivity (Wildman–Crippen MR) is 128 cm³/mol. The highest BCUT2D eigenvalue weighted by Crippen LogP contribution is 2.36. The van der Waals surface area contributed by atoms with Gasteiger partial charge in [0, 0.05) is 42.3 Å². The number of nitrogens with zero attached hydrogens (tertiary/aromatic N) is 1. The molecule has 1 aromatic carbocycles. The first-order valence-corrected chi connectivity index (χ1v) is 10.1. The van der Waals surface area contributed by atoms with Crippen LogP contribution in [0.4, 0.5) is 5.69 Å². The second-order valence-electron chi connectivity index (χ2n) is 8.07. The summed E-state index contributed by atoms with van der Waals surface area (Å²) in [6, 6.07) is 8.07. The molecule has 0 amide bonds. The number of benzene rings is 1. The van der Waals surface area contributed by atoms with Gasteiger partial charge < -0.3 is 15.5 Å². The van der Waals surface area contributed by atoms with Crippen LogP contribution >= 0.6 is 0 Å². The maximum absolute atomic E-state index is 11.5. The minimum atomic E-state index is -0.0877. The van der Waals surface area contributed by atoms with Crippen LogP contribution in [-0.4, -0.2) is 17.7 Å². The lowest BCUT2D eigenvalue weighted by molar-refractivity contribution is -0.113. The first-order chi connectivity index (χ1) is 14.1. The molecule has 1 unspecified atom stereocenters. The monoisotopic (exact) mass is 403 g/mol. The van der Waals surface area contributed by atoms with Gasteiger partial charge in [0.1, 0.15) is 0 Å². The van der Waals surface area contributed by atoms with Crippen LogP contribution in [0.1, 0.15) is 39.7 Å². The molecule has 0 aromatic heterocycles. The Morgan fingerprint density at radius 1 is 1.17 bits per heavy atom. The molecule has 1 atom stereocenters. The third-order valence-electron chi connectivity index (χ3n) is 5.32. The molecular formula is C26H33N3O. The van der Waals surface area contributed by atoms with Gasteiger partial charge in [0.15, 0.2) is 5.78 Å². The van der Waals surface area contributed by atoms with Gasteiger partial charge >= 0.3 is 0 Å². The van der Waals surface area contributed by atoms with E-state index < -0.39 is 0 Å². The van der Waals surface area contributed by atoms with E-state index >= 15 is 0 Å². The van der Waals surface area contributed by atoms with Crippen molar-refractivity contribution >= 4 is 17.0 Å². The molecule has 1 aromatic rings. The van der Waals surface area contributed by atoms with E-state index in [9.17, 15) is 4.79 Å². The fraction of sp³-hybridized carbons (Fsp3) is 0.269. The van der Waals surface area contributed by atoms with Gasteiger partial charge in [-0.2, -0.15) is 0 Å². The highest BCUT2D eigenvalue weighted by molar-refractivity contribution is 5.96. The van der Waals surface area contributed by atoms with Crippen LogP contribution in [0.2, 0.25) is 0 Å². The lowest BCUT2D eigenvalue weighted by atomic mass is 9.76. The van der Waals surface area contributed by atoms with Crippen molar-refractivity contribution in [3.63, 3.8) is 0 Å². The molecule has 1 aliphatic carbocycles. The van der Waals surface area contributed by atoms with Crippen LogP contribution in [0.5, 0.6) is 0 Å². The van der Waals surface area contributed by atoms with Gasteiger partial charge in [0.25, 0.3) is 0 Å². The Labute approximate surface area is 181 Å². The zero-order chi connectivity index (χ0) is 22.3. The molecule has 4 heteroatoms. The summed E-state index contributed by atoms with van der Waals surface area (Å²) in [5.41, 5.74) is 5.05. The Kier molecular flexibility index (Phi) is 7.65. The maximum Gasteiger partial charge on any atom is 0.159 e. The van der Waals surface area contributed by atoms with E-state index in [4.69, 9.17) is 0 Å². The Bertz CT molecular complexity index is 932. The number of rotatable bonds is 9. The van der Waals surface area contributed by atoms with Crippen molar-refractivity contribution < 1.29 is 4.79 Å². The van der Waals surface area contributed by atoms with Gasteiger partial charge in [-0.05, 0) is 50.5 Å². The van der Waals surface area contributed by atoms with Gasteiger partial charge in [-0.3, -0.25) is 4.79 Å². The number of ketones is 1. The number of allylic oxidation sites excluding steroid dienone is 6. The molecule has 4 nitrogen and oxygen atoms in total. The van der Waals surface area contributed by atoms with Crippen molar-refractivity contribution in [3.8, 4) is 0 Å². The number of carbonyl (C=O) groups excluding carboxylic acids is 1. The number of carbonyl (C=O) groups is 1. The van der Waals surface area contributed by atoms with Crippen molar-refractivity contribution in [1.29, 1.82) is 0 Å². The third kappa shape index (κ3) is 6.38. The molecule has 2 N–H and O–H groups in total. The fourth-order valence-corrected chi connectivity index (χ4v) is 3.09. The summed E-state index contributed by atoms with van der Waals surface area (Å²) in [6.07, 6.45) is 12.8. The van der Waals surface area contributed by atoms with Crippen molar-refractivity contribution in [2.75, 3.05) is 12.4 Å². The summed E-state index contributed by atoms with van der Waals surface area (Å²) in [7, 11) is 1.99. The number of anilines is 1. The van der Waals surface area contributed by atoms with Crippen molar-refractivity contribution in [2.24, 2.45) is 5.41 Å². The summed E-state index contributed by atoms with van der Waals surface area (Å²) in [6.45, 7) is 15.8. The van der Waals surface area contributed by atoms with E-state index in [-0.39, 0.29) is 11.2 Å². The molecule has 2 rings (SSSR count). The normalized spacial score (nSPS) is 18.7. The van der Waals surface area contributed by atoms with Gasteiger partial charge in [-0.1, -0.05) is 56.0 Å². The molecule has 158 valence electrons. The van der Waals surface area contributed by atoms with E-state index in [1.54, 1.807) is 6.92 Å². The Balaban J connectivity index is 1.88. The van der Waals surface area contributed by atoms with Gasteiger partial charge in [0.05, 0.1) is 5.82 Å². The molecule has 0 spiro atoms. The average Bonchev–Trinajstić information content (AvgIpc) is 2.68. The van der Waals surface area contributed by atoms with Crippen LogP contribution < -0.4 is 10.6 Å². The zero-order valence-electron chi connectivity index (χ0n) is 18.8. The molecular weight excluding hydrogens is 370 g/mol. The second kappa shape index (κ2) is 9.97. The van der Waals surface area contributed by atoms with E-state index in [0.717, 1.165) is 28.8 Å². The molecule has 30 heavy (non-hydrogen) atoms.